The van der Waals surface area contributed by atoms with Crippen molar-refractivity contribution in [1.29, 1.82) is 0 Å². The van der Waals surface area contributed by atoms with Crippen molar-refractivity contribution in [3.8, 4) is 0 Å². The summed E-state index contributed by atoms with van der Waals surface area (Å²) in [5, 5.41) is 7.04. The molecule has 0 unspecified atom stereocenters. The van der Waals surface area contributed by atoms with Crippen LogP contribution in [0.3, 0.4) is 0 Å². The van der Waals surface area contributed by atoms with E-state index in [1.54, 1.807) is 6.21 Å². The highest BCUT2D eigenvalue weighted by atomic mass is 32.2. The summed E-state index contributed by atoms with van der Waals surface area (Å²) < 4.78 is 0. The number of aromatic amines is 1. The van der Waals surface area contributed by atoms with Gasteiger partial charge >= 0.3 is 0 Å². The molecule has 4 aromatic rings. The van der Waals surface area contributed by atoms with Gasteiger partial charge in [-0.25, -0.2) is 10.4 Å². The van der Waals surface area contributed by atoms with Crippen LogP contribution in [0.1, 0.15) is 5.56 Å². The zero-order valence-corrected chi connectivity index (χ0v) is 14.7. The van der Waals surface area contributed by atoms with Crippen molar-refractivity contribution in [3.63, 3.8) is 0 Å². The number of imidazole rings is 1. The molecule has 0 bridgehead atoms. The Labute approximate surface area is 154 Å². The number of fused-ring (bicyclic) bond motifs is 2. The van der Waals surface area contributed by atoms with Crippen molar-refractivity contribution >= 4 is 45.7 Å². The van der Waals surface area contributed by atoms with Crippen LogP contribution >= 0.6 is 11.8 Å². The maximum absolute atomic E-state index is 12.0. The summed E-state index contributed by atoms with van der Waals surface area (Å²) in [6.07, 6.45) is 1.67. The molecule has 0 radical (unpaired) electrons. The maximum atomic E-state index is 12.0. The number of nitrogens with zero attached hydrogens (tertiary/aromatic N) is 2. The molecule has 0 aliphatic rings. The van der Waals surface area contributed by atoms with Crippen LogP contribution < -0.4 is 5.43 Å². The number of hydrogen-bond acceptors (Lipinski definition) is 4. The Morgan fingerprint density at radius 1 is 1.08 bits per heavy atom. The molecule has 1 amide bonds. The van der Waals surface area contributed by atoms with E-state index in [1.165, 1.54) is 11.8 Å². The monoisotopic (exact) mass is 360 g/mol. The number of amides is 1. The number of para-hydroxylation sites is 2. The molecule has 0 aliphatic carbocycles. The second kappa shape index (κ2) is 7.41. The molecular formula is C20H16N4OS. The van der Waals surface area contributed by atoms with Gasteiger partial charge in [-0.3, -0.25) is 4.79 Å². The Morgan fingerprint density at radius 2 is 1.88 bits per heavy atom. The first-order valence-electron chi connectivity index (χ1n) is 8.17. The molecular weight excluding hydrogens is 344 g/mol. The number of nitrogens with one attached hydrogen (secondary N) is 2. The average molecular weight is 360 g/mol. The molecule has 3 aromatic carbocycles. The number of H-pyrrole nitrogens is 1. The maximum Gasteiger partial charge on any atom is 0.250 e. The van der Waals surface area contributed by atoms with Crippen LogP contribution in [0, 0.1) is 0 Å². The number of carbonyl (C=O) groups is 1. The van der Waals surface area contributed by atoms with Gasteiger partial charge in [-0.15, -0.1) is 0 Å². The van der Waals surface area contributed by atoms with E-state index in [0.29, 0.717) is 0 Å². The Kier molecular flexibility index (Phi) is 4.66. The fraction of sp³-hybridized carbons (Fsp3) is 0.0500. The van der Waals surface area contributed by atoms with Crippen LogP contribution in [-0.2, 0) is 4.79 Å². The molecule has 5 nitrogen and oxygen atoms in total. The summed E-state index contributed by atoms with van der Waals surface area (Å²) in [6, 6.07) is 21.9. The van der Waals surface area contributed by atoms with Gasteiger partial charge in [-0.05, 0) is 22.9 Å². The molecule has 0 saturated heterocycles. The molecule has 0 fully saturated rings. The van der Waals surface area contributed by atoms with E-state index < -0.39 is 0 Å². The average Bonchev–Trinajstić information content (AvgIpc) is 3.10. The zero-order chi connectivity index (χ0) is 17.8. The summed E-state index contributed by atoms with van der Waals surface area (Å²) >= 11 is 1.35. The van der Waals surface area contributed by atoms with E-state index in [9.17, 15) is 4.79 Å². The standard InChI is InChI=1S/C20H16N4OS/c25-19(13-26-20-22-17-10-3-4-11-18(17)23-20)24-21-12-15-8-5-7-14-6-1-2-9-16(14)15/h1-12H,13H2,(H,22,23)(H,24,25)/b21-12+. The van der Waals surface area contributed by atoms with Gasteiger partial charge in [0.1, 0.15) is 0 Å². The van der Waals surface area contributed by atoms with Crippen LogP contribution in [0.2, 0.25) is 0 Å². The third-order valence-corrected chi connectivity index (χ3v) is 4.80. The first-order valence-corrected chi connectivity index (χ1v) is 9.15. The molecule has 0 aliphatic heterocycles. The van der Waals surface area contributed by atoms with E-state index in [1.807, 2.05) is 54.6 Å². The molecule has 4 rings (SSSR count). The third-order valence-electron chi connectivity index (χ3n) is 3.92. The predicted molar refractivity (Wildman–Crippen MR) is 107 cm³/mol. The second-order valence-corrected chi connectivity index (χ2v) is 6.67. The minimum absolute atomic E-state index is 0.174. The highest BCUT2D eigenvalue weighted by Gasteiger charge is 2.06. The fourth-order valence-electron chi connectivity index (χ4n) is 2.70. The lowest BCUT2D eigenvalue weighted by Gasteiger charge is -2.01. The Morgan fingerprint density at radius 3 is 2.81 bits per heavy atom. The second-order valence-electron chi connectivity index (χ2n) is 5.71. The van der Waals surface area contributed by atoms with E-state index >= 15 is 0 Å². The van der Waals surface area contributed by atoms with Gasteiger partial charge < -0.3 is 4.98 Å². The SMILES string of the molecule is O=C(CSc1nc2ccccc2[nH]1)N/N=C/c1cccc2ccccc12. The highest BCUT2D eigenvalue weighted by molar-refractivity contribution is 7.99. The Hall–Kier alpha value is -3.12. The molecule has 128 valence electrons. The van der Waals surface area contributed by atoms with E-state index in [4.69, 9.17) is 0 Å². The zero-order valence-electron chi connectivity index (χ0n) is 13.8. The Bertz CT molecular complexity index is 1060. The number of hydrogen-bond donors (Lipinski definition) is 2. The Balaban J connectivity index is 1.36. The number of benzene rings is 3. The van der Waals surface area contributed by atoms with Crippen LogP contribution in [0.4, 0.5) is 0 Å². The van der Waals surface area contributed by atoms with E-state index in [2.05, 4.69) is 32.6 Å². The van der Waals surface area contributed by atoms with Crippen molar-refractivity contribution in [1.82, 2.24) is 15.4 Å². The van der Waals surface area contributed by atoms with Crippen LogP contribution in [0.5, 0.6) is 0 Å². The van der Waals surface area contributed by atoms with Crippen molar-refractivity contribution in [3.05, 3.63) is 72.3 Å². The van der Waals surface area contributed by atoms with Crippen LogP contribution in [0.15, 0.2) is 77.0 Å². The predicted octanol–water partition coefficient (Wildman–Crippen LogP) is 3.96. The number of hydrazone groups is 1. The number of aromatic nitrogens is 2. The van der Waals surface area contributed by atoms with Crippen molar-refractivity contribution in [2.24, 2.45) is 5.10 Å². The van der Waals surface area contributed by atoms with Crippen molar-refractivity contribution < 1.29 is 4.79 Å². The summed E-state index contributed by atoms with van der Waals surface area (Å²) in [5.41, 5.74) is 5.39. The molecule has 2 N–H and O–H groups in total. The van der Waals surface area contributed by atoms with E-state index in [0.717, 1.165) is 32.5 Å². The van der Waals surface area contributed by atoms with Gasteiger partial charge in [0.2, 0.25) is 0 Å². The first kappa shape index (κ1) is 16.4. The lowest BCUT2D eigenvalue weighted by molar-refractivity contribution is -0.118. The summed E-state index contributed by atoms with van der Waals surface area (Å²) in [6.45, 7) is 0. The van der Waals surface area contributed by atoms with Gasteiger partial charge in [0.25, 0.3) is 5.91 Å². The van der Waals surface area contributed by atoms with Crippen molar-refractivity contribution in [2.75, 3.05) is 5.75 Å². The largest absolute Gasteiger partial charge is 0.333 e. The molecule has 1 aromatic heterocycles. The van der Waals surface area contributed by atoms with Gasteiger partial charge in [0.15, 0.2) is 5.16 Å². The lowest BCUT2D eigenvalue weighted by atomic mass is 10.1. The molecule has 1 heterocycles. The number of carbonyl (C=O) groups excluding carboxylic acids is 1. The fourth-order valence-corrected chi connectivity index (χ4v) is 3.38. The molecule has 6 heteroatoms. The van der Waals surface area contributed by atoms with Gasteiger partial charge in [0, 0.05) is 5.56 Å². The lowest BCUT2D eigenvalue weighted by Crippen LogP contribution is -2.19. The molecule has 0 saturated carbocycles. The van der Waals surface area contributed by atoms with Gasteiger partial charge in [-0.1, -0.05) is 66.4 Å². The quantitative estimate of drug-likeness (QED) is 0.321. The topological polar surface area (TPSA) is 70.1 Å². The number of rotatable bonds is 5. The molecule has 26 heavy (non-hydrogen) atoms. The van der Waals surface area contributed by atoms with Crippen LogP contribution in [-0.4, -0.2) is 27.8 Å². The van der Waals surface area contributed by atoms with Gasteiger partial charge in [0.05, 0.1) is 23.0 Å². The summed E-state index contributed by atoms with van der Waals surface area (Å²) in [4.78, 5) is 19.6. The minimum atomic E-state index is -0.174. The van der Waals surface area contributed by atoms with Crippen molar-refractivity contribution in [2.45, 2.75) is 5.16 Å². The number of thioether (sulfide) groups is 1. The van der Waals surface area contributed by atoms with E-state index in [-0.39, 0.29) is 11.7 Å². The smallest absolute Gasteiger partial charge is 0.250 e. The first-order chi connectivity index (χ1) is 12.8. The highest BCUT2D eigenvalue weighted by Crippen LogP contribution is 2.19. The normalized spacial score (nSPS) is 11.4. The summed E-state index contributed by atoms with van der Waals surface area (Å²) in [5.74, 6) is 0.0686. The molecule has 0 atom stereocenters. The van der Waals surface area contributed by atoms with Crippen LogP contribution in [0.25, 0.3) is 21.8 Å². The van der Waals surface area contributed by atoms with Gasteiger partial charge in [-0.2, -0.15) is 5.10 Å². The third kappa shape index (κ3) is 3.60. The summed E-state index contributed by atoms with van der Waals surface area (Å²) in [7, 11) is 0. The minimum Gasteiger partial charge on any atom is -0.333 e. The molecule has 0 spiro atoms.